The molecule has 80 valence electrons. The third-order valence-corrected chi connectivity index (χ3v) is 3.46. The first-order valence-corrected chi connectivity index (χ1v) is 5.70. The fraction of sp³-hybridized carbons (Fsp3) is 0.364. The lowest BCUT2D eigenvalue weighted by molar-refractivity contribution is -0.111. The van der Waals surface area contributed by atoms with E-state index in [-0.39, 0.29) is 5.54 Å². The Kier molecular flexibility index (Phi) is 2.80. The van der Waals surface area contributed by atoms with Crippen LogP contribution in [0.5, 0.6) is 0 Å². The van der Waals surface area contributed by atoms with Gasteiger partial charge in [-0.1, -0.05) is 22.0 Å². The molecule has 2 N–H and O–H groups in total. The molecule has 0 radical (unpaired) electrons. The van der Waals surface area contributed by atoms with Crippen LogP contribution >= 0.6 is 15.9 Å². The topological polar surface area (TPSA) is 41.1 Å². The Morgan fingerprint density at radius 2 is 2.33 bits per heavy atom. The van der Waals surface area contributed by atoms with E-state index < -0.39 is 0 Å². The predicted octanol–water partition coefficient (Wildman–Crippen LogP) is 1.86. The van der Waals surface area contributed by atoms with Crippen LogP contribution in [0.2, 0.25) is 0 Å². The summed E-state index contributed by atoms with van der Waals surface area (Å²) in [5, 5.41) is 0. The standard InChI is InChI=1S/C11H13BrN2O/c1-11(14-13-7-15)5-4-8-2-3-9(12)6-10(8)11/h2-3,6-7,14H,4-5H2,1H3,(H,13,15). The van der Waals surface area contributed by atoms with Gasteiger partial charge in [-0.25, -0.2) is 5.43 Å². The molecule has 0 saturated heterocycles. The Morgan fingerprint density at radius 3 is 3.07 bits per heavy atom. The van der Waals surface area contributed by atoms with Gasteiger partial charge in [-0.2, -0.15) is 0 Å². The molecule has 0 aliphatic heterocycles. The molecule has 0 aromatic heterocycles. The van der Waals surface area contributed by atoms with E-state index in [2.05, 4.69) is 51.9 Å². The molecule has 1 amide bonds. The summed E-state index contributed by atoms with van der Waals surface area (Å²) in [7, 11) is 0. The molecule has 1 unspecified atom stereocenters. The van der Waals surface area contributed by atoms with Crippen LogP contribution in [0.1, 0.15) is 24.5 Å². The Bertz CT molecular complexity index is 394. The number of halogens is 1. The van der Waals surface area contributed by atoms with Crippen LogP contribution < -0.4 is 10.9 Å². The van der Waals surface area contributed by atoms with Crippen LogP contribution in [0, 0.1) is 0 Å². The summed E-state index contributed by atoms with van der Waals surface area (Å²) in [5.41, 5.74) is 8.05. The predicted molar refractivity (Wildman–Crippen MR) is 62.2 cm³/mol. The summed E-state index contributed by atoms with van der Waals surface area (Å²) in [6.45, 7) is 2.10. The molecule has 1 aromatic rings. The minimum atomic E-state index is -0.153. The van der Waals surface area contributed by atoms with Gasteiger partial charge in [0.15, 0.2) is 0 Å². The second-order valence-corrected chi connectivity index (χ2v) is 4.94. The maximum atomic E-state index is 10.3. The van der Waals surface area contributed by atoms with Gasteiger partial charge in [0.2, 0.25) is 6.41 Å². The van der Waals surface area contributed by atoms with Gasteiger partial charge in [0.05, 0.1) is 5.54 Å². The number of hydrazine groups is 1. The highest BCUT2D eigenvalue weighted by Gasteiger charge is 2.33. The first-order valence-electron chi connectivity index (χ1n) is 4.91. The van der Waals surface area contributed by atoms with Crippen molar-refractivity contribution in [2.45, 2.75) is 25.3 Å². The number of rotatable bonds is 3. The Balaban J connectivity index is 2.33. The van der Waals surface area contributed by atoms with Gasteiger partial charge < -0.3 is 0 Å². The van der Waals surface area contributed by atoms with Crippen molar-refractivity contribution in [3.05, 3.63) is 33.8 Å². The van der Waals surface area contributed by atoms with E-state index in [0.717, 1.165) is 17.3 Å². The summed E-state index contributed by atoms with van der Waals surface area (Å²) < 4.78 is 1.07. The number of nitrogens with one attached hydrogen (secondary N) is 2. The van der Waals surface area contributed by atoms with Gasteiger partial charge in [0, 0.05) is 4.47 Å². The van der Waals surface area contributed by atoms with Crippen LogP contribution in [0.25, 0.3) is 0 Å². The highest BCUT2D eigenvalue weighted by Crippen LogP contribution is 2.37. The number of carbonyl (C=O) groups excluding carboxylic acids is 1. The smallest absolute Gasteiger partial charge is 0.221 e. The van der Waals surface area contributed by atoms with E-state index in [1.165, 1.54) is 11.1 Å². The van der Waals surface area contributed by atoms with Crippen molar-refractivity contribution in [3.63, 3.8) is 0 Å². The van der Waals surface area contributed by atoms with Gasteiger partial charge in [-0.3, -0.25) is 10.2 Å². The van der Waals surface area contributed by atoms with Crippen molar-refractivity contribution in [1.29, 1.82) is 0 Å². The average molecular weight is 269 g/mol. The molecule has 2 rings (SSSR count). The third-order valence-electron chi connectivity index (χ3n) is 2.97. The molecule has 0 saturated carbocycles. The third kappa shape index (κ3) is 1.92. The molecule has 15 heavy (non-hydrogen) atoms. The van der Waals surface area contributed by atoms with E-state index in [4.69, 9.17) is 0 Å². The number of hydrogen-bond acceptors (Lipinski definition) is 2. The SMILES string of the molecule is CC1(NNC=O)CCc2ccc(Br)cc21. The summed E-state index contributed by atoms with van der Waals surface area (Å²) in [6, 6.07) is 6.30. The highest BCUT2D eigenvalue weighted by atomic mass is 79.9. The lowest BCUT2D eigenvalue weighted by Gasteiger charge is -2.26. The minimum absolute atomic E-state index is 0.153. The van der Waals surface area contributed by atoms with E-state index >= 15 is 0 Å². The first-order chi connectivity index (χ1) is 7.15. The van der Waals surface area contributed by atoms with Crippen LogP contribution in [-0.4, -0.2) is 6.41 Å². The van der Waals surface area contributed by atoms with Crippen molar-refractivity contribution in [2.24, 2.45) is 0 Å². The number of benzene rings is 1. The van der Waals surface area contributed by atoms with Crippen LogP contribution in [-0.2, 0) is 16.8 Å². The van der Waals surface area contributed by atoms with E-state index in [0.29, 0.717) is 6.41 Å². The molecular weight excluding hydrogens is 256 g/mol. The van der Waals surface area contributed by atoms with Crippen molar-refractivity contribution < 1.29 is 4.79 Å². The van der Waals surface area contributed by atoms with Gasteiger partial charge in [-0.05, 0) is 43.0 Å². The van der Waals surface area contributed by atoms with Gasteiger partial charge in [0.1, 0.15) is 0 Å². The van der Waals surface area contributed by atoms with E-state index in [1.807, 2.05) is 0 Å². The summed E-state index contributed by atoms with van der Waals surface area (Å²) in [4.78, 5) is 10.3. The van der Waals surface area contributed by atoms with Crippen molar-refractivity contribution in [2.75, 3.05) is 0 Å². The monoisotopic (exact) mass is 268 g/mol. The minimum Gasteiger partial charge on any atom is -0.293 e. The number of aryl methyl sites for hydroxylation is 1. The van der Waals surface area contributed by atoms with Gasteiger partial charge in [-0.15, -0.1) is 0 Å². The van der Waals surface area contributed by atoms with Crippen molar-refractivity contribution >= 4 is 22.3 Å². The summed E-state index contributed by atoms with van der Waals surface area (Å²) >= 11 is 3.47. The number of hydrogen-bond donors (Lipinski definition) is 2. The van der Waals surface area contributed by atoms with Crippen molar-refractivity contribution in [1.82, 2.24) is 10.9 Å². The zero-order chi connectivity index (χ0) is 10.9. The Hall–Kier alpha value is -0.870. The second kappa shape index (κ2) is 3.94. The van der Waals surface area contributed by atoms with Crippen molar-refractivity contribution in [3.8, 4) is 0 Å². The van der Waals surface area contributed by atoms with E-state index in [1.54, 1.807) is 0 Å². The van der Waals surface area contributed by atoms with Crippen LogP contribution in [0.4, 0.5) is 0 Å². The maximum Gasteiger partial charge on any atom is 0.221 e. The molecule has 1 aliphatic rings. The maximum absolute atomic E-state index is 10.3. The normalized spacial score (nSPS) is 23.6. The molecular formula is C11H13BrN2O. The largest absolute Gasteiger partial charge is 0.293 e. The molecule has 0 heterocycles. The fourth-order valence-corrected chi connectivity index (χ4v) is 2.48. The second-order valence-electron chi connectivity index (χ2n) is 4.02. The lowest BCUT2D eigenvalue weighted by Crippen LogP contribution is -2.46. The lowest BCUT2D eigenvalue weighted by atomic mass is 9.95. The molecule has 1 aromatic carbocycles. The van der Waals surface area contributed by atoms with Crippen LogP contribution in [0.3, 0.4) is 0 Å². The Morgan fingerprint density at radius 1 is 1.53 bits per heavy atom. The zero-order valence-electron chi connectivity index (χ0n) is 8.51. The quantitative estimate of drug-likeness (QED) is 0.649. The molecule has 0 bridgehead atoms. The molecule has 0 fully saturated rings. The summed E-state index contributed by atoms with van der Waals surface area (Å²) in [5.74, 6) is 0. The summed E-state index contributed by atoms with van der Waals surface area (Å²) in [6.07, 6.45) is 2.72. The molecule has 1 aliphatic carbocycles. The van der Waals surface area contributed by atoms with E-state index in [9.17, 15) is 4.79 Å². The average Bonchev–Trinajstić information content (AvgIpc) is 2.55. The Labute approximate surface area is 97.3 Å². The molecule has 4 heteroatoms. The van der Waals surface area contributed by atoms with Gasteiger partial charge >= 0.3 is 0 Å². The van der Waals surface area contributed by atoms with Crippen LogP contribution in [0.15, 0.2) is 22.7 Å². The first kappa shape index (κ1) is 10.6. The number of fused-ring (bicyclic) bond motifs is 1. The van der Waals surface area contributed by atoms with Gasteiger partial charge in [0.25, 0.3) is 0 Å². The molecule has 0 spiro atoms. The fourth-order valence-electron chi connectivity index (χ4n) is 2.12. The molecule has 1 atom stereocenters. The highest BCUT2D eigenvalue weighted by molar-refractivity contribution is 9.10. The molecule has 3 nitrogen and oxygen atoms in total. The number of amides is 1. The number of carbonyl (C=O) groups is 1. The zero-order valence-corrected chi connectivity index (χ0v) is 10.1.